The highest BCUT2D eigenvalue weighted by atomic mass is 14.6. The fourth-order valence-corrected chi connectivity index (χ4v) is 4.54. The first-order chi connectivity index (χ1) is 9.89. The maximum Gasteiger partial charge on any atom is 0.0314 e. The van der Waals surface area contributed by atoms with Gasteiger partial charge in [-0.1, -0.05) is 44.6 Å². The zero-order valence-electron chi connectivity index (χ0n) is 13.3. The molecule has 4 N–H and O–H groups in total. The van der Waals surface area contributed by atoms with Gasteiger partial charge in [0, 0.05) is 16.8 Å². The smallest absolute Gasteiger partial charge is 0.0314 e. The summed E-state index contributed by atoms with van der Waals surface area (Å²) in [6.45, 7) is 7.09. The first kappa shape index (κ1) is 14.2. The Labute approximate surface area is 127 Å². The summed E-state index contributed by atoms with van der Waals surface area (Å²) in [6.07, 6.45) is 7.78. The van der Waals surface area contributed by atoms with Gasteiger partial charge in [-0.15, -0.1) is 0 Å². The maximum absolute atomic E-state index is 6.12. The molecule has 2 nitrogen and oxygen atoms in total. The molecule has 1 fully saturated rings. The Bertz CT molecular complexity index is 607. The average Bonchev–Trinajstić information content (AvgIpc) is 2.68. The molecule has 2 heteroatoms. The van der Waals surface area contributed by atoms with Gasteiger partial charge in [-0.05, 0) is 54.4 Å². The largest absolute Gasteiger partial charge is 0.399 e. The van der Waals surface area contributed by atoms with Gasteiger partial charge < -0.3 is 11.5 Å². The van der Waals surface area contributed by atoms with Crippen molar-refractivity contribution in [2.75, 3.05) is 5.73 Å². The minimum atomic E-state index is 0.112. The Morgan fingerprint density at radius 3 is 2.43 bits per heavy atom. The fraction of sp³-hybridized carbons (Fsp3) is 0.474. The number of hydrogen-bond acceptors (Lipinski definition) is 2. The summed E-state index contributed by atoms with van der Waals surface area (Å²) in [4.78, 5) is 0. The molecule has 2 aliphatic rings. The van der Waals surface area contributed by atoms with Crippen LogP contribution in [0.2, 0.25) is 0 Å². The highest BCUT2D eigenvalue weighted by molar-refractivity contribution is 5.50. The van der Waals surface area contributed by atoms with Crippen molar-refractivity contribution in [2.24, 2.45) is 17.1 Å². The van der Waals surface area contributed by atoms with Crippen LogP contribution >= 0.6 is 0 Å². The van der Waals surface area contributed by atoms with Crippen molar-refractivity contribution < 1.29 is 0 Å². The van der Waals surface area contributed by atoms with E-state index < -0.39 is 0 Å². The van der Waals surface area contributed by atoms with E-state index in [4.69, 9.17) is 11.5 Å². The topological polar surface area (TPSA) is 52.0 Å². The number of nitrogens with two attached hydrogens (primary N) is 2. The van der Waals surface area contributed by atoms with E-state index in [1.807, 2.05) is 12.1 Å². The zero-order valence-corrected chi connectivity index (χ0v) is 13.3. The molecule has 0 aliphatic heterocycles. The number of anilines is 1. The van der Waals surface area contributed by atoms with Crippen LogP contribution in [-0.4, -0.2) is 0 Å². The van der Waals surface area contributed by atoms with Crippen LogP contribution in [0.5, 0.6) is 0 Å². The van der Waals surface area contributed by atoms with E-state index in [1.54, 1.807) is 0 Å². The molecule has 3 rings (SSSR count). The SMILES string of the molecule is CCC1(c2ccc(N)cc2)CC(C)(C)C2CC=C(N)C=C21. The van der Waals surface area contributed by atoms with Crippen LogP contribution in [0.4, 0.5) is 5.69 Å². The van der Waals surface area contributed by atoms with E-state index in [2.05, 4.69) is 45.1 Å². The van der Waals surface area contributed by atoms with Crippen molar-refractivity contribution in [2.45, 2.75) is 45.4 Å². The van der Waals surface area contributed by atoms with Crippen LogP contribution in [0.3, 0.4) is 0 Å². The second-order valence-corrected chi connectivity index (χ2v) is 7.32. The van der Waals surface area contributed by atoms with Gasteiger partial charge in [0.2, 0.25) is 0 Å². The molecule has 0 heterocycles. The monoisotopic (exact) mass is 282 g/mol. The van der Waals surface area contributed by atoms with Crippen molar-refractivity contribution in [3.05, 3.63) is 53.3 Å². The lowest BCUT2D eigenvalue weighted by molar-refractivity contribution is 0.264. The van der Waals surface area contributed by atoms with Crippen molar-refractivity contribution >= 4 is 5.69 Å². The summed E-state index contributed by atoms with van der Waals surface area (Å²) in [5.41, 5.74) is 17.1. The first-order valence-electron chi connectivity index (χ1n) is 7.93. The number of benzene rings is 1. The predicted molar refractivity (Wildman–Crippen MR) is 89.7 cm³/mol. The molecular weight excluding hydrogens is 256 g/mol. The molecule has 0 saturated heterocycles. The third-order valence-corrected chi connectivity index (χ3v) is 5.61. The highest BCUT2D eigenvalue weighted by Crippen LogP contribution is 2.61. The quantitative estimate of drug-likeness (QED) is 0.801. The summed E-state index contributed by atoms with van der Waals surface area (Å²) in [5, 5.41) is 0. The van der Waals surface area contributed by atoms with Crippen molar-refractivity contribution in [1.29, 1.82) is 0 Å². The second kappa shape index (κ2) is 4.66. The Balaban J connectivity index is 2.16. The van der Waals surface area contributed by atoms with Crippen LogP contribution in [-0.2, 0) is 5.41 Å². The molecule has 0 bridgehead atoms. The third-order valence-electron chi connectivity index (χ3n) is 5.61. The van der Waals surface area contributed by atoms with Gasteiger partial charge in [-0.3, -0.25) is 0 Å². The molecule has 0 spiro atoms. The molecule has 0 radical (unpaired) electrons. The van der Waals surface area contributed by atoms with Crippen molar-refractivity contribution in [3.63, 3.8) is 0 Å². The van der Waals surface area contributed by atoms with Crippen molar-refractivity contribution in [3.8, 4) is 0 Å². The maximum atomic E-state index is 6.12. The number of rotatable bonds is 2. The average molecular weight is 282 g/mol. The summed E-state index contributed by atoms with van der Waals surface area (Å²) in [5.74, 6) is 0.599. The number of allylic oxidation sites excluding steroid dienone is 3. The van der Waals surface area contributed by atoms with Gasteiger partial charge in [0.05, 0.1) is 0 Å². The summed E-state index contributed by atoms with van der Waals surface area (Å²) in [7, 11) is 0. The van der Waals surface area contributed by atoms with Gasteiger partial charge in [0.25, 0.3) is 0 Å². The fourth-order valence-electron chi connectivity index (χ4n) is 4.54. The van der Waals surface area contributed by atoms with E-state index in [1.165, 1.54) is 17.6 Å². The predicted octanol–water partition coefficient (Wildman–Crippen LogP) is 4.14. The van der Waals surface area contributed by atoms with Crippen LogP contribution < -0.4 is 11.5 Å². The van der Waals surface area contributed by atoms with Crippen molar-refractivity contribution in [1.82, 2.24) is 0 Å². The first-order valence-corrected chi connectivity index (χ1v) is 7.93. The minimum Gasteiger partial charge on any atom is -0.399 e. The van der Waals surface area contributed by atoms with Gasteiger partial charge >= 0.3 is 0 Å². The van der Waals surface area contributed by atoms with Gasteiger partial charge in [0.15, 0.2) is 0 Å². The third kappa shape index (κ3) is 2.08. The Kier molecular flexibility index (Phi) is 3.16. The lowest BCUT2D eigenvalue weighted by atomic mass is 9.71. The van der Waals surface area contributed by atoms with Crippen LogP contribution in [0.25, 0.3) is 0 Å². The van der Waals surface area contributed by atoms with E-state index in [0.29, 0.717) is 11.3 Å². The van der Waals surface area contributed by atoms with Gasteiger partial charge in [0.1, 0.15) is 0 Å². The van der Waals surface area contributed by atoms with E-state index in [9.17, 15) is 0 Å². The number of fused-ring (bicyclic) bond motifs is 1. The second-order valence-electron chi connectivity index (χ2n) is 7.32. The minimum absolute atomic E-state index is 0.112. The Morgan fingerprint density at radius 1 is 1.14 bits per heavy atom. The lowest BCUT2D eigenvalue weighted by Gasteiger charge is -2.33. The molecule has 0 amide bonds. The van der Waals surface area contributed by atoms with Gasteiger partial charge in [-0.2, -0.15) is 0 Å². The Hall–Kier alpha value is -1.70. The number of hydrogen-bond donors (Lipinski definition) is 2. The van der Waals surface area contributed by atoms with E-state index in [0.717, 1.165) is 24.2 Å². The van der Waals surface area contributed by atoms with Gasteiger partial charge in [-0.25, -0.2) is 0 Å². The summed E-state index contributed by atoms with van der Waals surface area (Å²) in [6, 6.07) is 8.45. The molecular formula is C19H26N2. The molecule has 2 atom stereocenters. The highest BCUT2D eigenvalue weighted by Gasteiger charge is 2.53. The van der Waals surface area contributed by atoms with Crippen LogP contribution in [0.1, 0.15) is 45.6 Å². The molecule has 21 heavy (non-hydrogen) atoms. The number of nitrogen functional groups attached to an aromatic ring is 1. The lowest BCUT2D eigenvalue weighted by Crippen LogP contribution is -2.26. The van der Waals surface area contributed by atoms with E-state index >= 15 is 0 Å². The molecule has 0 aromatic heterocycles. The molecule has 112 valence electrons. The zero-order chi connectivity index (χ0) is 15.3. The molecule has 2 aliphatic carbocycles. The molecule has 2 unspecified atom stereocenters. The normalized spacial score (nSPS) is 30.5. The molecule has 1 aromatic carbocycles. The molecule has 1 aromatic rings. The van der Waals surface area contributed by atoms with Crippen LogP contribution in [0, 0.1) is 11.3 Å². The standard InChI is InChI=1S/C19H26N2/c1-4-19(13-5-7-14(20)8-6-13)12-18(2,3)16-10-9-15(21)11-17(16)19/h5-9,11,16H,4,10,12,20-21H2,1-3H3. The molecule has 1 saturated carbocycles. The summed E-state index contributed by atoms with van der Waals surface area (Å²) < 4.78 is 0. The summed E-state index contributed by atoms with van der Waals surface area (Å²) >= 11 is 0. The van der Waals surface area contributed by atoms with Crippen LogP contribution in [0.15, 0.2) is 47.7 Å². The van der Waals surface area contributed by atoms with E-state index in [-0.39, 0.29) is 5.41 Å². The Morgan fingerprint density at radius 2 is 1.81 bits per heavy atom.